The fourth-order valence-corrected chi connectivity index (χ4v) is 3.73. The molecule has 1 fully saturated rings. The fourth-order valence-electron chi connectivity index (χ4n) is 2.53. The summed E-state index contributed by atoms with van der Waals surface area (Å²) >= 11 is 13.7. The first-order valence-electron chi connectivity index (χ1n) is 7.36. The number of nitrogens with one attached hydrogen (secondary N) is 2. The molecule has 1 saturated heterocycles. The summed E-state index contributed by atoms with van der Waals surface area (Å²) in [5.74, 6) is 0. The molecule has 1 aromatic carbocycles. The monoisotopic (exact) mass is 370 g/mol. The van der Waals surface area contributed by atoms with E-state index in [0.717, 1.165) is 25.9 Å². The molecule has 2 aromatic rings. The van der Waals surface area contributed by atoms with Crippen LogP contribution >= 0.6 is 34.7 Å². The van der Waals surface area contributed by atoms with Crippen molar-refractivity contribution in [2.75, 3.05) is 18.4 Å². The third-order valence-corrected chi connectivity index (χ3v) is 4.89. The summed E-state index contributed by atoms with van der Waals surface area (Å²) in [5.41, 5.74) is 4.67. The minimum absolute atomic E-state index is 0.281. The number of benzene rings is 1. The molecule has 2 heterocycles. The van der Waals surface area contributed by atoms with E-state index in [1.807, 2.05) is 5.01 Å². The predicted octanol–water partition coefficient (Wildman–Crippen LogP) is 4.64. The zero-order valence-corrected chi connectivity index (χ0v) is 14.6. The summed E-state index contributed by atoms with van der Waals surface area (Å²) < 4.78 is 4.32. The normalized spacial score (nSPS) is 15.4. The molecule has 0 spiro atoms. The van der Waals surface area contributed by atoms with Gasteiger partial charge in [-0.25, -0.2) is 9.80 Å². The average molecular weight is 371 g/mol. The smallest absolute Gasteiger partial charge is 0.304 e. The number of hydrogen-bond acceptors (Lipinski definition) is 4. The molecule has 0 aliphatic carbocycles. The van der Waals surface area contributed by atoms with E-state index in [4.69, 9.17) is 23.2 Å². The summed E-state index contributed by atoms with van der Waals surface area (Å²) in [6.07, 6.45) is 3.41. The van der Waals surface area contributed by atoms with E-state index in [-0.39, 0.29) is 6.03 Å². The lowest BCUT2D eigenvalue weighted by atomic mass is 10.1. The number of aromatic nitrogens is 1. The van der Waals surface area contributed by atoms with Crippen molar-refractivity contribution in [3.8, 4) is 11.3 Å². The molecular weight excluding hydrogens is 355 g/mol. The van der Waals surface area contributed by atoms with Crippen LogP contribution in [0.4, 0.5) is 10.5 Å². The van der Waals surface area contributed by atoms with Crippen molar-refractivity contribution in [2.45, 2.75) is 19.3 Å². The summed E-state index contributed by atoms with van der Waals surface area (Å²) in [6, 6.07) is 4.99. The van der Waals surface area contributed by atoms with Gasteiger partial charge < -0.3 is 5.32 Å². The van der Waals surface area contributed by atoms with E-state index >= 15 is 0 Å². The van der Waals surface area contributed by atoms with Gasteiger partial charge in [0.05, 0.1) is 15.7 Å². The second-order valence-electron chi connectivity index (χ2n) is 5.29. The molecule has 0 radical (unpaired) electrons. The molecule has 0 atom stereocenters. The van der Waals surface area contributed by atoms with Crippen LogP contribution < -0.4 is 10.7 Å². The minimum Gasteiger partial charge on any atom is -0.304 e. The molecule has 0 saturated carbocycles. The van der Waals surface area contributed by atoms with Gasteiger partial charge in [0.2, 0.25) is 0 Å². The Morgan fingerprint density at radius 2 is 1.87 bits per heavy atom. The van der Waals surface area contributed by atoms with E-state index in [1.54, 1.807) is 23.6 Å². The molecule has 5 nitrogen and oxygen atoms in total. The van der Waals surface area contributed by atoms with E-state index < -0.39 is 0 Å². The van der Waals surface area contributed by atoms with Gasteiger partial charge in [-0.1, -0.05) is 35.7 Å². The second kappa shape index (κ2) is 7.49. The Bertz CT molecular complexity index is 680. The number of nitrogens with zero attached hydrogens (tertiary/aromatic N) is 2. The van der Waals surface area contributed by atoms with Crippen molar-refractivity contribution in [3.63, 3.8) is 0 Å². The molecule has 1 aliphatic heterocycles. The number of rotatable bonds is 3. The third-order valence-electron chi connectivity index (χ3n) is 3.63. The molecule has 122 valence electrons. The molecular formula is C15H16Cl2N4OS. The summed E-state index contributed by atoms with van der Waals surface area (Å²) in [7, 11) is 0. The van der Waals surface area contributed by atoms with Crippen LogP contribution in [0.2, 0.25) is 10.0 Å². The van der Waals surface area contributed by atoms with Crippen LogP contribution in [-0.4, -0.2) is 28.5 Å². The highest BCUT2D eigenvalue weighted by molar-refractivity contribution is 7.04. The van der Waals surface area contributed by atoms with Gasteiger partial charge in [-0.15, -0.1) is 0 Å². The van der Waals surface area contributed by atoms with Gasteiger partial charge in [-0.2, -0.15) is 4.37 Å². The van der Waals surface area contributed by atoms with Gasteiger partial charge in [0.25, 0.3) is 0 Å². The van der Waals surface area contributed by atoms with Gasteiger partial charge >= 0.3 is 6.03 Å². The number of carbonyl (C=O) groups is 1. The maximum absolute atomic E-state index is 12.2. The van der Waals surface area contributed by atoms with Crippen LogP contribution in [0.1, 0.15) is 19.3 Å². The first kappa shape index (κ1) is 16.5. The van der Waals surface area contributed by atoms with Gasteiger partial charge in [-0.05, 0) is 36.5 Å². The van der Waals surface area contributed by atoms with Crippen molar-refractivity contribution in [2.24, 2.45) is 0 Å². The number of anilines is 1. The quantitative estimate of drug-likeness (QED) is 0.827. The van der Waals surface area contributed by atoms with E-state index in [9.17, 15) is 4.79 Å². The zero-order chi connectivity index (χ0) is 16.2. The van der Waals surface area contributed by atoms with Gasteiger partial charge in [0, 0.05) is 24.0 Å². The summed E-state index contributed by atoms with van der Waals surface area (Å²) in [6.45, 7) is 1.75. The molecule has 8 heteroatoms. The SMILES string of the molecule is O=C(Nc1csnc1-c1c(Cl)cccc1Cl)NN1CCCCC1. The van der Waals surface area contributed by atoms with E-state index in [2.05, 4.69) is 15.1 Å². The first-order valence-corrected chi connectivity index (χ1v) is 8.96. The number of piperidine rings is 1. The lowest BCUT2D eigenvalue weighted by Crippen LogP contribution is -2.46. The van der Waals surface area contributed by atoms with Crippen molar-refractivity contribution >= 4 is 46.5 Å². The lowest BCUT2D eigenvalue weighted by molar-refractivity contribution is 0.162. The highest BCUT2D eigenvalue weighted by atomic mass is 35.5. The van der Waals surface area contributed by atoms with Crippen molar-refractivity contribution in [1.82, 2.24) is 14.8 Å². The van der Waals surface area contributed by atoms with Crippen LogP contribution in [0.3, 0.4) is 0 Å². The number of carbonyl (C=O) groups excluding carboxylic acids is 1. The fraction of sp³-hybridized carbons (Fsp3) is 0.333. The Kier molecular flexibility index (Phi) is 5.38. The van der Waals surface area contributed by atoms with Crippen molar-refractivity contribution in [1.29, 1.82) is 0 Å². The van der Waals surface area contributed by atoms with Crippen LogP contribution in [0.5, 0.6) is 0 Å². The Morgan fingerprint density at radius 3 is 2.57 bits per heavy atom. The zero-order valence-electron chi connectivity index (χ0n) is 12.3. The molecule has 0 bridgehead atoms. The van der Waals surface area contributed by atoms with Crippen LogP contribution in [0.15, 0.2) is 23.6 Å². The standard InChI is InChI=1S/C15H16Cl2N4OS/c16-10-5-4-6-11(17)13(10)14-12(9-23-20-14)18-15(22)19-21-7-2-1-3-8-21/h4-6,9H,1-3,7-8H2,(H2,18,19,22). The van der Waals surface area contributed by atoms with Crippen LogP contribution in [0, 0.1) is 0 Å². The topological polar surface area (TPSA) is 57.3 Å². The molecule has 1 aromatic heterocycles. The van der Waals surface area contributed by atoms with Crippen molar-refractivity contribution in [3.05, 3.63) is 33.6 Å². The number of hydrogen-bond donors (Lipinski definition) is 2. The molecule has 2 amide bonds. The Labute approximate surface area is 148 Å². The highest BCUT2D eigenvalue weighted by Crippen LogP contribution is 2.38. The van der Waals surface area contributed by atoms with Gasteiger partial charge in [-0.3, -0.25) is 5.43 Å². The molecule has 0 unspecified atom stereocenters. The summed E-state index contributed by atoms with van der Waals surface area (Å²) in [5, 5.41) is 7.53. The highest BCUT2D eigenvalue weighted by Gasteiger charge is 2.18. The molecule has 1 aliphatic rings. The summed E-state index contributed by atoms with van der Waals surface area (Å²) in [4.78, 5) is 12.2. The van der Waals surface area contributed by atoms with Crippen LogP contribution in [0.25, 0.3) is 11.3 Å². The number of hydrazine groups is 1. The number of halogens is 2. The minimum atomic E-state index is -0.281. The van der Waals surface area contributed by atoms with Gasteiger partial charge in [0.1, 0.15) is 5.69 Å². The molecule has 23 heavy (non-hydrogen) atoms. The number of amides is 2. The molecule has 2 N–H and O–H groups in total. The Morgan fingerprint density at radius 1 is 1.17 bits per heavy atom. The van der Waals surface area contributed by atoms with Crippen LogP contribution in [-0.2, 0) is 0 Å². The lowest BCUT2D eigenvalue weighted by Gasteiger charge is -2.26. The maximum atomic E-state index is 12.2. The Balaban J connectivity index is 1.75. The maximum Gasteiger partial charge on any atom is 0.333 e. The number of urea groups is 1. The second-order valence-corrected chi connectivity index (χ2v) is 6.73. The molecule has 3 rings (SSSR count). The van der Waals surface area contributed by atoms with Crippen molar-refractivity contribution < 1.29 is 4.79 Å². The average Bonchev–Trinajstić information content (AvgIpc) is 2.96. The Hall–Kier alpha value is -1.34. The van der Waals surface area contributed by atoms with E-state index in [1.165, 1.54) is 18.0 Å². The largest absolute Gasteiger partial charge is 0.333 e. The van der Waals surface area contributed by atoms with Gasteiger partial charge in [0.15, 0.2) is 0 Å². The predicted molar refractivity (Wildman–Crippen MR) is 95.1 cm³/mol. The third kappa shape index (κ3) is 3.95. The first-order chi connectivity index (χ1) is 11.1. The van der Waals surface area contributed by atoms with E-state index in [0.29, 0.717) is 27.0 Å².